The molecular weight excluding hydrogens is 316 g/mol. The van der Waals surface area contributed by atoms with E-state index in [0.29, 0.717) is 24.3 Å². The van der Waals surface area contributed by atoms with Gasteiger partial charge in [-0.05, 0) is 43.9 Å². The van der Waals surface area contributed by atoms with Crippen LogP contribution in [0.15, 0.2) is 12.4 Å². The molecule has 2 amide bonds. The van der Waals surface area contributed by atoms with Gasteiger partial charge in [0.25, 0.3) is 0 Å². The van der Waals surface area contributed by atoms with E-state index in [4.69, 9.17) is 0 Å². The summed E-state index contributed by atoms with van der Waals surface area (Å²) in [6, 6.07) is 0.223. The van der Waals surface area contributed by atoms with Gasteiger partial charge in [0.15, 0.2) is 0 Å². The molecule has 0 bridgehead atoms. The van der Waals surface area contributed by atoms with E-state index >= 15 is 0 Å². The average molecular weight is 344 g/mol. The third-order valence-electron chi connectivity index (χ3n) is 6.08. The minimum Gasteiger partial charge on any atom is -0.338 e. The van der Waals surface area contributed by atoms with Crippen LogP contribution in [0.1, 0.15) is 46.0 Å². The largest absolute Gasteiger partial charge is 0.338 e. The van der Waals surface area contributed by atoms with Gasteiger partial charge in [0.2, 0.25) is 11.8 Å². The monoisotopic (exact) mass is 344 g/mol. The van der Waals surface area contributed by atoms with Crippen molar-refractivity contribution in [3.63, 3.8) is 0 Å². The smallest absolute Gasteiger partial charge is 0.227 e. The molecule has 0 spiro atoms. The maximum atomic E-state index is 12.7. The Morgan fingerprint density at radius 1 is 1.20 bits per heavy atom. The minimum atomic E-state index is 0.101. The third-order valence-corrected chi connectivity index (χ3v) is 6.08. The Balaban J connectivity index is 1.37. The van der Waals surface area contributed by atoms with E-state index in [-0.39, 0.29) is 23.8 Å². The third kappa shape index (κ3) is 3.58. The molecule has 1 aliphatic heterocycles. The Bertz CT molecular complexity index is 670. The topological polar surface area (TPSA) is 67.2 Å². The number of carbonyl (C=O) groups is 2. The predicted octanol–water partition coefficient (Wildman–Crippen LogP) is 2.51. The first-order chi connectivity index (χ1) is 12.0. The fourth-order valence-electron chi connectivity index (χ4n) is 4.03. The van der Waals surface area contributed by atoms with Gasteiger partial charge in [-0.15, -0.1) is 0 Å². The lowest BCUT2D eigenvalue weighted by molar-refractivity contribution is -0.137. The molecule has 6 heteroatoms. The van der Waals surface area contributed by atoms with Gasteiger partial charge in [0.05, 0.1) is 24.5 Å². The highest BCUT2D eigenvalue weighted by Crippen LogP contribution is 2.40. The van der Waals surface area contributed by atoms with Gasteiger partial charge in [-0.25, -0.2) is 0 Å². The van der Waals surface area contributed by atoms with Crippen LogP contribution in [0.3, 0.4) is 0 Å². The van der Waals surface area contributed by atoms with Crippen LogP contribution in [-0.2, 0) is 16.1 Å². The molecule has 1 saturated heterocycles. The molecule has 2 heterocycles. The highest BCUT2D eigenvalue weighted by molar-refractivity contribution is 5.94. The zero-order valence-electron chi connectivity index (χ0n) is 15.1. The van der Waals surface area contributed by atoms with Crippen molar-refractivity contribution in [3.05, 3.63) is 12.4 Å². The lowest BCUT2D eigenvalue weighted by atomic mass is 10.0. The van der Waals surface area contributed by atoms with E-state index in [9.17, 15) is 9.59 Å². The Hall–Kier alpha value is -1.85. The molecular formula is C19H28N4O2. The van der Waals surface area contributed by atoms with Crippen molar-refractivity contribution in [1.82, 2.24) is 14.7 Å². The molecule has 136 valence electrons. The fraction of sp³-hybridized carbons (Fsp3) is 0.737. The van der Waals surface area contributed by atoms with Gasteiger partial charge in [0, 0.05) is 24.6 Å². The molecule has 0 radical (unpaired) electrons. The van der Waals surface area contributed by atoms with E-state index < -0.39 is 0 Å². The van der Waals surface area contributed by atoms with Crippen molar-refractivity contribution in [2.75, 3.05) is 11.9 Å². The lowest BCUT2D eigenvalue weighted by Crippen LogP contribution is -2.46. The van der Waals surface area contributed by atoms with Crippen molar-refractivity contribution in [2.24, 2.45) is 23.7 Å². The number of amides is 2. The van der Waals surface area contributed by atoms with E-state index in [1.807, 2.05) is 10.9 Å². The normalized spacial score (nSPS) is 33.8. The van der Waals surface area contributed by atoms with Gasteiger partial charge in [-0.3, -0.25) is 14.3 Å². The molecule has 25 heavy (non-hydrogen) atoms. The van der Waals surface area contributed by atoms with Crippen molar-refractivity contribution in [2.45, 2.75) is 58.5 Å². The summed E-state index contributed by atoms with van der Waals surface area (Å²) < 4.78 is 1.87. The second-order valence-electron chi connectivity index (χ2n) is 8.26. The fourth-order valence-corrected chi connectivity index (χ4v) is 4.03. The number of nitrogens with one attached hydrogen (secondary N) is 1. The summed E-state index contributed by atoms with van der Waals surface area (Å²) >= 11 is 0. The standard InChI is InChI=1S/C19H28N4O2/c1-12-7-16(12)18(24)21-14-9-20-22(10-14)11-15-5-3-4-6-23(15)19(25)17-8-13(17)2/h9-10,12-13,15-17H,3-8,11H2,1-2H3,(H,21,24)/t12-,13+,15+,16+,17+/m1/s1. The van der Waals surface area contributed by atoms with Crippen molar-refractivity contribution >= 4 is 17.5 Å². The molecule has 1 aromatic heterocycles. The summed E-state index contributed by atoms with van der Waals surface area (Å²) in [7, 11) is 0. The van der Waals surface area contributed by atoms with Crippen LogP contribution < -0.4 is 5.32 Å². The Labute approximate surface area is 148 Å². The summed E-state index contributed by atoms with van der Waals surface area (Å²) in [5.74, 6) is 1.89. The van der Waals surface area contributed by atoms with Crippen LogP contribution in [0.4, 0.5) is 5.69 Å². The zero-order chi connectivity index (χ0) is 17.6. The van der Waals surface area contributed by atoms with E-state index in [1.54, 1.807) is 6.20 Å². The van der Waals surface area contributed by atoms with Gasteiger partial charge in [-0.1, -0.05) is 13.8 Å². The highest BCUT2D eigenvalue weighted by atomic mass is 16.2. The maximum absolute atomic E-state index is 12.7. The van der Waals surface area contributed by atoms with E-state index in [1.165, 1.54) is 6.42 Å². The number of carbonyl (C=O) groups excluding carboxylic acids is 2. The molecule has 1 N–H and O–H groups in total. The number of piperidine rings is 1. The van der Waals surface area contributed by atoms with Crippen molar-refractivity contribution in [3.8, 4) is 0 Å². The minimum absolute atomic E-state index is 0.101. The second kappa shape index (κ2) is 6.46. The molecule has 4 rings (SSSR count). The highest BCUT2D eigenvalue weighted by Gasteiger charge is 2.43. The SMILES string of the molecule is C[C@@H]1C[C@@H]1C(=O)Nc1cnn(C[C@@H]2CCCCN2C(=O)[C@H]2C[C@@H]2C)c1. The summed E-state index contributed by atoms with van der Waals surface area (Å²) in [5, 5.41) is 7.35. The number of anilines is 1. The first-order valence-corrected chi connectivity index (χ1v) is 9.66. The van der Waals surface area contributed by atoms with Crippen molar-refractivity contribution < 1.29 is 9.59 Å². The zero-order valence-corrected chi connectivity index (χ0v) is 15.1. The molecule has 5 atom stereocenters. The molecule has 0 unspecified atom stereocenters. The second-order valence-corrected chi connectivity index (χ2v) is 8.26. The molecule has 3 fully saturated rings. The lowest BCUT2D eigenvalue weighted by Gasteiger charge is -2.36. The number of aromatic nitrogens is 2. The molecule has 3 aliphatic rings. The molecule has 6 nitrogen and oxygen atoms in total. The van der Waals surface area contributed by atoms with E-state index in [0.717, 1.165) is 37.9 Å². The molecule has 0 aromatic carbocycles. The van der Waals surface area contributed by atoms with Gasteiger partial charge >= 0.3 is 0 Å². The average Bonchev–Trinajstić information content (AvgIpc) is 3.46. The van der Waals surface area contributed by atoms with Crippen LogP contribution in [0, 0.1) is 23.7 Å². The maximum Gasteiger partial charge on any atom is 0.227 e. The number of hydrogen-bond donors (Lipinski definition) is 1. The van der Waals surface area contributed by atoms with E-state index in [2.05, 4.69) is 29.2 Å². The van der Waals surface area contributed by atoms with Gasteiger partial charge < -0.3 is 10.2 Å². The molecule has 2 saturated carbocycles. The first-order valence-electron chi connectivity index (χ1n) is 9.66. The molecule has 1 aromatic rings. The van der Waals surface area contributed by atoms with Crippen LogP contribution in [0.2, 0.25) is 0 Å². The van der Waals surface area contributed by atoms with Crippen LogP contribution in [0.25, 0.3) is 0 Å². The summed E-state index contributed by atoms with van der Waals surface area (Å²) in [5.41, 5.74) is 0.758. The number of rotatable bonds is 5. The predicted molar refractivity (Wildman–Crippen MR) is 94.8 cm³/mol. The Kier molecular flexibility index (Phi) is 4.29. The summed E-state index contributed by atoms with van der Waals surface area (Å²) in [6.45, 7) is 5.84. The summed E-state index contributed by atoms with van der Waals surface area (Å²) in [6.07, 6.45) is 8.93. The number of nitrogens with zero attached hydrogens (tertiary/aromatic N) is 3. The first kappa shape index (κ1) is 16.6. The van der Waals surface area contributed by atoms with Crippen LogP contribution >= 0.6 is 0 Å². The van der Waals surface area contributed by atoms with Gasteiger partial charge in [0.1, 0.15) is 0 Å². The Morgan fingerprint density at radius 3 is 2.60 bits per heavy atom. The van der Waals surface area contributed by atoms with Crippen LogP contribution in [-0.4, -0.2) is 39.1 Å². The molecule has 2 aliphatic carbocycles. The number of likely N-dealkylation sites (tertiary alicyclic amines) is 1. The Morgan fingerprint density at radius 2 is 1.92 bits per heavy atom. The van der Waals surface area contributed by atoms with Crippen molar-refractivity contribution in [1.29, 1.82) is 0 Å². The van der Waals surface area contributed by atoms with Gasteiger partial charge in [-0.2, -0.15) is 5.10 Å². The van der Waals surface area contributed by atoms with Crippen LogP contribution in [0.5, 0.6) is 0 Å². The quantitative estimate of drug-likeness (QED) is 0.892. The number of hydrogen-bond acceptors (Lipinski definition) is 3. The summed E-state index contributed by atoms with van der Waals surface area (Å²) in [4.78, 5) is 26.8.